The number of hydrogen-bond acceptors (Lipinski definition) is 6. The van der Waals surface area contributed by atoms with Crippen molar-refractivity contribution < 1.29 is 9.90 Å². The van der Waals surface area contributed by atoms with Crippen molar-refractivity contribution in [1.29, 1.82) is 0 Å². The SMILES string of the molecule is CCC(C)(CO)NC(=O)CSc1nnnn1C1CC1. The van der Waals surface area contributed by atoms with Crippen LogP contribution in [-0.2, 0) is 4.79 Å². The second-order valence-corrected chi connectivity index (χ2v) is 5.99. The Balaban J connectivity index is 1.84. The number of carbonyl (C=O) groups is 1. The number of carbonyl (C=O) groups excluding carboxylic acids is 1. The van der Waals surface area contributed by atoms with Crippen LogP contribution in [0.15, 0.2) is 5.16 Å². The van der Waals surface area contributed by atoms with E-state index in [0.29, 0.717) is 17.6 Å². The van der Waals surface area contributed by atoms with Crippen molar-refractivity contribution in [3.8, 4) is 0 Å². The Kier molecular flexibility index (Phi) is 4.41. The summed E-state index contributed by atoms with van der Waals surface area (Å²) >= 11 is 1.32. The van der Waals surface area contributed by atoms with Gasteiger partial charge in [-0.15, -0.1) is 5.10 Å². The molecule has 0 radical (unpaired) electrons. The third kappa shape index (κ3) is 3.66. The van der Waals surface area contributed by atoms with Gasteiger partial charge >= 0.3 is 0 Å². The zero-order chi connectivity index (χ0) is 13.9. The Morgan fingerprint density at radius 2 is 2.37 bits per heavy atom. The summed E-state index contributed by atoms with van der Waals surface area (Å²) < 4.78 is 1.78. The molecule has 1 fully saturated rings. The van der Waals surface area contributed by atoms with Crippen LogP contribution in [0.1, 0.15) is 39.2 Å². The van der Waals surface area contributed by atoms with Gasteiger partial charge in [0.05, 0.1) is 23.9 Å². The molecule has 0 bridgehead atoms. The predicted molar refractivity (Wildman–Crippen MR) is 70.7 cm³/mol. The van der Waals surface area contributed by atoms with Gasteiger partial charge in [-0.05, 0) is 36.6 Å². The number of aromatic nitrogens is 4. The fourth-order valence-electron chi connectivity index (χ4n) is 1.57. The number of thioether (sulfide) groups is 1. The molecule has 0 aromatic carbocycles. The van der Waals surface area contributed by atoms with Crippen LogP contribution in [0.2, 0.25) is 0 Å². The van der Waals surface area contributed by atoms with Crippen LogP contribution in [0.5, 0.6) is 0 Å². The Morgan fingerprint density at radius 3 is 2.95 bits per heavy atom. The standard InChI is InChI=1S/C11H19N5O2S/c1-3-11(2,7-17)12-9(18)6-19-10-13-14-15-16(10)8-4-5-8/h8,17H,3-7H2,1-2H3,(H,12,18). The van der Waals surface area contributed by atoms with E-state index in [1.165, 1.54) is 11.8 Å². The molecule has 0 saturated heterocycles. The lowest BCUT2D eigenvalue weighted by atomic mass is 10.0. The number of rotatable bonds is 7. The van der Waals surface area contributed by atoms with Gasteiger partial charge in [-0.3, -0.25) is 4.79 Å². The zero-order valence-corrected chi connectivity index (χ0v) is 12.0. The maximum Gasteiger partial charge on any atom is 0.230 e. The summed E-state index contributed by atoms with van der Waals surface area (Å²) in [5.74, 6) is 0.136. The largest absolute Gasteiger partial charge is 0.394 e. The Morgan fingerprint density at radius 1 is 1.63 bits per heavy atom. The van der Waals surface area contributed by atoms with E-state index >= 15 is 0 Å². The van der Waals surface area contributed by atoms with Crippen LogP contribution in [0, 0.1) is 0 Å². The van der Waals surface area contributed by atoms with Crippen molar-refractivity contribution in [3.05, 3.63) is 0 Å². The fraction of sp³-hybridized carbons (Fsp3) is 0.818. The van der Waals surface area contributed by atoms with Crippen molar-refractivity contribution >= 4 is 17.7 Å². The maximum absolute atomic E-state index is 11.8. The Hall–Kier alpha value is -1.15. The van der Waals surface area contributed by atoms with Crippen molar-refractivity contribution in [2.24, 2.45) is 0 Å². The number of tetrazole rings is 1. The minimum Gasteiger partial charge on any atom is -0.394 e. The van der Waals surface area contributed by atoms with Crippen molar-refractivity contribution in [2.75, 3.05) is 12.4 Å². The van der Waals surface area contributed by atoms with E-state index in [0.717, 1.165) is 12.8 Å². The van der Waals surface area contributed by atoms with E-state index in [2.05, 4.69) is 20.8 Å². The highest BCUT2D eigenvalue weighted by Crippen LogP contribution is 2.36. The van der Waals surface area contributed by atoms with Gasteiger partial charge in [-0.2, -0.15) is 0 Å². The molecular formula is C11H19N5O2S. The van der Waals surface area contributed by atoms with Crippen LogP contribution in [-0.4, -0.2) is 49.1 Å². The van der Waals surface area contributed by atoms with E-state index in [1.54, 1.807) is 4.68 Å². The number of aliphatic hydroxyl groups excluding tert-OH is 1. The van der Waals surface area contributed by atoms with E-state index < -0.39 is 5.54 Å². The number of nitrogens with one attached hydrogen (secondary N) is 1. The molecule has 1 amide bonds. The number of nitrogens with zero attached hydrogens (tertiary/aromatic N) is 4. The predicted octanol–water partition coefficient (Wildman–Crippen LogP) is 0.377. The van der Waals surface area contributed by atoms with E-state index in [9.17, 15) is 9.90 Å². The summed E-state index contributed by atoms with van der Waals surface area (Å²) in [5, 5.41) is 24.3. The molecular weight excluding hydrogens is 266 g/mol. The van der Waals surface area contributed by atoms with Gasteiger partial charge in [-0.25, -0.2) is 4.68 Å². The van der Waals surface area contributed by atoms with Gasteiger partial charge in [0.1, 0.15) is 0 Å². The van der Waals surface area contributed by atoms with Crippen molar-refractivity contribution in [1.82, 2.24) is 25.5 Å². The molecule has 7 nitrogen and oxygen atoms in total. The molecule has 0 spiro atoms. The van der Waals surface area contributed by atoms with Crippen molar-refractivity contribution in [3.63, 3.8) is 0 Å². The molecule has 1 aromatic heterocycles. The molecule has 1 saturated carbocycles. The first kappa shape index (κ1) is 14.3. The van der Waals surface area contributed by atoms with Crippen LogP contribution in [0.25, 0.3) is 0 Å². The van der Waals surface area contributed by atoms with Gasteiger partial charge in [0, 0.05) is 0 Å². The summed E-state index contributed by atoms with van der Waals surface area (Å²) in [5.41, 5.74) is -0.555. The van der Waals surface area contributed by atoms with Crippen molar-refractivity contribution in [2.45, 2.75) is 49.8 Å². The highest BCUT2D eigenvalue weighted by Gasteiger charge is 2.28. The summed E-state index contributed by atoms with van der Waals surface area (Å²) in [7, 11) is 0. The number of hydrogen-bond donors (Lipinski definition) is 2. The molecule has 2 rings (SSSR count). The van der Waals surface area contributed by atoms with Gasteiger partial charge in [-0.1, -0.05) is 18.7 Å². The first-order chi connectivity index (χ1) is 9.08. The highest BCUT2D eigenvalue weighted by atomic mass is 32.2. The fourth-order valence-corrected chi connectivity index (χ4v) is 2.32. The molecule has 2 N–H and O–H groups in total. The lowest BCUT2D eigenvalue weighted by molar-refractivity contribution is -0.120. The molecule has 1 aliphatic rings. The molecule has 19 heavy (non-hydrogen) atoms. The average molecular weight is 285 g/mol. The molecule has 1 atom stereocenters. The minimum atomic E-state index is -0.555. The maximum atomic E-state index is 11.8. The second-order valence-electron chi connectivity index (χ2n) is 5.05. The summed E-state index contributed by atoms with van der Waals surface area (Å²) in [4.78, 5) is 11.8. The average Bonchev–Trinajstić information content (AvgIpc) is 3.15. The Bertz CT molecular complexity index is 442. The number of aliphatic hydroxyl groups is 1. The lowest BCUT2D eigenvalue weighted by Gasteiger charge is -2.26. The van der Waals surface area contributed by atoms with E-state index in [4.69, 9.17) is 0 Å². The smallest absolute Gasteiger partial charge is 0.230 e. The second kappa shape index (κ2) is 5.87. The van der Waals surface area contributed by atoms with Crippen LogP contribution >= 0.6 is 11.8 Å². The molecule has 1 unspecified atom stereocenters. The topological polar surface area (TPSA) is 92.9 Å². The molecule has 8 heteroatoms. The molecule has 1 heterocycles. The lowest BCUT2D eigenvalue weighted by Crippen LogP contribution is -2.49. The van der Waals surface area contributed by atoms with Crippen LogP contribution < -0.4 is 5.32 Å². The third-order valence-corrected chi connectivity index (χ3v) is 4.19. The van der Waals surface area contributed by atoms with Gasteiger partial charge in [0.15, 0.2) is 0 Å². The summed E-state index contributed by atoms with van der Waals surface area (Å²) in [6.07, 6.45) is 2.88. The van der Waals surface area contributed by atoms with Gasteiger partial charge < -0.3 is 10.4 Å². The number of amides is 1. The monoisotopic (exact) mass is 285 g/mol. The first-order valence-corrected chi connectivity index (χ1v) is 7.39. The zero-order valence-electron chi connectivity index (χ0n) is 11.2. The first-order valence-electron chi connectivity index (χ1n) is 6.40. The summed E-state index contributed by atoms with van der Waals surface area (Å²) in [6, 6.07) is 0.402. The third-order valence-electron chi connectivity index (χ3n) is 3.26. The quantitative estimate of drug-likeness (QED) is 0.703. The normalized spacial score (nSPS) is 18.1. The van der Waals surface area contributed by atoms with Gasteiger partial charge in [0.2, 0.25) is 11.1 Å². The molecule has 0 aliphatic heterocycles. The summed E-state index contributed by atoms with van der Waals surface area (Å²) in [6.45, 7) is 3.68. The minimum absolute atomic E-state index is 0.0697. The van der Waals surface area contributed by atoms with Crippen LogP contribution in [0.3, 0.4) is 0 Å². The van der Waals surface area contributed by atoms with E-state index in [-0.39, 0.29) is 18.3 Å². The van der Waals surface area contributed by atoms with E-state index in [1.807, 2.05) is 13.8 Å². The van der Waals surface area contributed by atoms with Crippen LogP contribution in [0.4, 0.5) is 0 Å². The Labute approximate surface area is 116 Å². The van der Waals surface area contributed by atoms with Gasteiger partial charge in [0.25, 0.3) is 0 Å². The molecule has 1 aliphatic carbocycles. The highest BCUT2D eigenvalue weighted by molar-refractivity contribution is 7.99. The molecule has 1 aromatic rings. The molecule has 106 valence electrons.